The summed E-state index contributed by atoms with van der Waals surface area (Å²) in [7, 11) is 0. The summed E-state index contributed by atoms with van der Waals surface area (Å²) < 4.78 is 6.87. The molecule has 32 heavy (non-hydrogen) atoms. The van der Waals surface area contributed by atoms with Gasteiger partial charge in [-0.05, 0) is 55.5 Å². The molecule has 1 N–H and O–H groups in total. The Kier molecular flexibility index (Phi) is 7.11. The zero-order chi connectivity index (χ0) is 23.3. The van der Waals surface area contributed by atoms with Gasteiger partial charge in [0.05, 0.1) is 5.56 Å². The molecule has 0 saturated heterocycles. The molecule has 0 amide bonds. The molecule has 6 nitrogen and oxygen atoms in total. The van der Waals surface area contributed by atoms with Crippen molar-refractivity contribution in [2.24, 2.45) is 0 Å². The van der Waals surface area contributed by atoms with E-state index in [-0.39, 0.29) is 23.2 Å². The van der Waals surface area contributed by atoms with Gasteiger partial charge in [-0.2, -0.15) is 5.26 Å². The molecule has 0 aliphatic heterocycles. The lowest BCUT2D eigenvalue weighted by Gasteiger charge is -2.19. The summed E-state index contributed by atoms with van der Waals surface area (Å²) in [6.07, 6.45) is 0.438. The number of aromatic nitrogens is 1. The van der Waals surface area contributed by atoms with Crippen LogP contribution in [0.15, 0.2) is 59.4 Å². The SMILES string of the molecule is CCc1ccc(OC(C)C(=O)c2c(C)c(C#N)c(=O)n(CCc3ccccc3)c2O)cc1. The van der Waals surface area contributed by atoms with Crippen LogP contribution in [0.25, 0.3) is 0 Å². The number of rotatable bonds is 8. The first-order chi connectivity index (χ1) is 15.4. The number of hydrogen-bond donors (Lipinski definition) is 1. The second-order valence-corrected chi connectivity index (χ2v) is 7.62. The first-order valence-electron chi connectivity index (χ1n) is 10.6. The maximum absolute atomic E-state index is 13.2. The second-order valence-electron chi connectivity index (χ2n) is 7.62. The number of nitrogens with zero attached hydrogens (tertiary/aromatic N) is 2. The Morgan fingerprint density at radius 1 is 1.12 bits per heavy atom. The number of aromatic hydroxyl groups is 1. The predicted octanol–water partition coefficient (Wildman–Crippen LogP) is 4.19. The Bertz CT molecular complexity index is 1210. The van der Waals surface area contributed by atoms with Crippen LogP contribution in [0, 0.1) is 18.3 Å². The van der Waals surface area contributed by atoms with E-state index in [0.29, 0.717) is 12.2 Å². The number of Topliss-reactive ketones (excluding diaryl/α,β-unsaturated/α-hetero) is 1. The van der Waals surface area contributed by atoms with Gasteiger partial charge < -0.3 is 9.84 Å². The summed E-state index contributed by atoms with van der Waals surface area (Å²) in [5.74, 6) is -0.410. The Hall–Kier alpha value is -3.85. The van der Waals surface area contributed by atoms with Crippen molar-refractivity contribution in [3.8, 4) is 17.7 Å². The van der Waals surface area contributed by atoms with Crippen molar-refractivity contribution < 1.29 is 14.6 Å². The predicted molar refractivity (Wildman–Crippen MR) is 122 cm³/mol. The van der Waals surface area contributed by atoms with Crippen LogP contribution in [0.1, 0.15) is 46.5 Å². The van der Waals surface area contributed by atoms with Gasteiger partial charge in [0.1, 0.15) is 17.4 Å². The van der Waals surface area contributed by atoms with Crippen LogP contribution in [0.4, 0.5) is 0 Å². The summed E-state index contributed by atoms with van der Waals surface area (Å²) in [5, 5.41) is 20.4. The molecule has 1 unspecified atom stereocenters. The molecular weight excluding hydrogens is 404 g/mol. The third-order valence-electron chi connectivity index (χ3n) is 5.53. The van der Waals surface area contributed by atoms with Crippen LogP contribution in [0.3, 0.4) is 0 Å². The fourth-order valence-corrected chi connectivity index (χ4v) is 3.60. The smallest absolute Gasteiger partial charge is 0.271 e. The zero-order valence-corrected chi connectivity index (χ0v) is 18.5. The van der Waals surface area contributed by atoms with Crippen LogP contribution in [0.5, 0.6) is 11.6 Å². The van der Waals surface area contributed by atoms with Gasteiger partial charge in [0, 0.05) is 6.54 Å². The molecule has 0 bridgehead atoms. The summed E-state index contributed by atoms with van der Waals surface area (Å²) in [6, 6.07) is 18.8. The van der Waals surface area contributed by atoms with Gasteiger partial charge in [0.15, 0.2) is 6.10 Å². The van der Waals surface area contributed by atoms with Crippen LogP contribution < -0.4 is 10.3 Å². The van der Waals surface area contributed by atoms with E-state index in [1.54, 1.807) is 19.1 Å². The molecule has 1 atom stereocenters. The minimum absolute atomic E-state index is 0.0631. The average Bonchev–Trinajstić information content (AvgIpc) is 2.80. The van der Waals surface area contributed by atoms with Crippen molar-refractivity contribution in [1.82, 2.24) is 4.57 Å². The Balaban J connectivity index is 1.94. The number of nitriles is 1. The summed E-state index contributed by atoms with van der Waals surface area (Å²) in [4.78, 5) is 26.0. The third kappa shape index (κ3) is 4.73. The van der Waals surface area contributed by atoms with Gasteiger partial charge in [-0.1, -0.05) is 49.4 Å². The molecule has 0 saturated carbocycles. The largest absolute Gasteiger partial charge is 0.494 e. The van der Waals surface area contributed by atoms with Gasteiger partial charge in [-0.3, -0.25) is 14.2 Å². The number of pyridine rings is 1. The number of benzene rings is 2. The Morgan fingerprint density at radius 2 is 1.78 bits per heavy atom. The average molecular weight is 431 g/mol. The summed E-state index contributed by atoms with van der Waals surface area (Å²) in [6.45, 7) is 5.27. The van der Waals surface area contributed by atoms with Gasteiger partial charge in [-0.25, -0.2) is 0 Å². The fourth-order valence-electron chi connectivity index (χ4n) is 3.60. The van der Waals surface area contributed by atoms with E-state index in [9.17, 15) is 20.0 Å². The molecule has 0 aliphatic carbocycles. The van der Waals surface area contributed by atoms with Crippen LogP contribution in [-0.4, -0.2) is 21.6 Å². The molecule has 1 heterocycles. The van der Waals surface area contributed by atoms with E-state index >= 15 is 0 Å². The minimum Gasteiger partial charge on any atom is -0.494 e. The fraction of sp³-hybridized carbons (Fsp3) is 0.269. The lowest BCUT2D eigenvalue weighted by atomic mass is 9.99. The molecule has 0 radical (unpaired) electrons. The number of ketones is 1. The van der Waals surface area contributed by atoms with Crippen LogP contribution in [0.2, 0.25) is 0 Å². The van der Waals surface area contributed by atoms with Gasteiger partial charge in [0.25, 0.3) is 5.56 Å². The van der Waals surface area contributed by atoms with Gasteiger partial charge in [-0.15, -0.1) is 0 Å². The van der Waals surface area contributed by atoms with Crippen molar-refractivity contribution >= 4 is 5.78 Å². The van der Waals surface area contributed by atoms with E-state index in [2.05, 4.69) is 0 Å². The number of carbonyl (C=O) groups excluding carboxylic acids is 1. The number of aryl methyl sites for hydroxylation is 2. The molecule has 3 aromatic rings. The summed E-state index contributed by atoms with van der Waals surface area (Å²) >= 11 is 0. The maximum atomic E-state index is 13.2. The van der Waals surface area contributed by atoms with Crippen molar-refractivity contribution in [3.63, 3.8) is 0 Å². The molecule has 6 heteroatoms. The Labute approximate surface area is 187 Å². The van der Waals surface area contributed by atoms with Crippen LogP contribution >= 0.6 is 0 Å². The van der Waals surface area contributed by atoms with E-state index in [1.165, 1.54) is 6.92 Å². The minimum atomic E-state index is -0.918. The molecule has 1 aromatic heterocycles. The highest BCUT2D eigenvalue weighted by Gasteiger charge is 2.28. The maximum Gasteiger partial charge on any atom is 0.271 e. The van der Waals surface area contributed by atoms with Gasteiger partial charge >= 0.3 is 0 Å². The van der Waals surface area contributed by atoms with E-state index < -0.39 is 23.3 Å². The normalized spacial score (nSPS) is 11.6. The molecular formula is C26H26N2O4. The first kappa shape index (κ1) is 22.8. The molecule has 0 aliphatic rings. The molecule has 3 rings (SSSR count). The highest BCUT2D eigenvalue weighted by Crippen LogP contribution is 2.25. The standard InChI is InChI=1S/C26H26N2O4/c1-4-19-10-12-21(13-11-19)32-18(3)24(29)23-17(2)22(16-27)25(30)28(26(23)31)15-14-20-8-6-5-7-9-20/h5-13,18,31H,4,14-15H2,1-3H3. The second kappa shape index (κ2) is 9.97. The number of hydrogen-bond acceptors (Lipinski definition) is 5. The lowest BCUT2D eigenvalue weighted by Crippen LogP contribution is -2.31. The molecule has 0 spiro atoms. The third-order valence-corrected chi connectivity index (χ3v) is 5.53. The molecule has 2 aromatic carbocycles. The number of ether oxygens (including phenoxy) is 1. The topological polar surface area (TPSA) is 92.3 Å². The van der Waals surface area contributed by atoms with E-state index in [4.69, 9.17) is 4.74 Å². The monoisotopic (exact) mass is 430 g/mol. The van der Waals surface area contributed by atoms with Crippen molar-refractivity contribution in [1.29, 1.82) is 5.26 Å². The van der Waals surface area contributed by atoms with E-state index in [0.717, 1.165) is 22.1 Å². The lowest BCUT2D eigenvalue weighted by molar-refractivity contribution is 0.0812. The van der Waals surface area contributed by atoms with E-state index in [1.807, 2.05) is 55.5 Å². The van der Waals surface area contributed by atoms with Crippen LogP contribution in [-0.2, 0) is 19.4 Å². The first-order valence-corrected chi connectivity index (χ1v) is 10.6. The highest BCUT2D eigenvalue weighted by atomic mass is 16.5. The summed E-state index contributed by atoms with van der Waals surface area (Å²) in [5.41, 5.74) is 1.45. The highest BCUT2D eigenvalue weighted by molar-refractivity contribution is 6.03. The molecule has 0 fully saturated rings. The van der Waals surface area contributed by atoms with Crippen molar-refractivity contribution in [3.05, 3.63) is 92.8 Å². The zero-order valence-electron chi connectivity index (χ0n) is 18.5. The van der Waals surface area contributed by atoms with Gasteiger partial charge in [0.2, 0.25) is 11.7 Å². The van der Waals surface area contributed by atoms with Crippen molar-refractivity contribution in [2.45, 2.75) is 46.3 Å². The Morgan fingerprint density at radius 3 is 2.38 bits per heavy atom. The van der Waals surface area contributed by atoms with Crippen molar-refractivity contribution in [2.75, 3.05) is 0 Å². The molecule has 164 valence electrons. The quantitative estimate of drug-likeness (QED) is 0.541. The number of carbonyl (C=O) groups is 1.